The van der Waals surface area contributed by atoms with E-state index < -0.39 is 23.5 Å². The van der Waals surface area contributed by atoms with E-state index in [1.807, 2.05) is 0 Å². The van der Waals surface area contributed by atoms with Crippen molar-refractivity contribution in [2.24, 2.45) is 0 Å². The standard InChI is InChI=1S/C21H14ClF4N3OS/c22-16-5-2-6-17(23)19(16)14-8-18(30)29-10-28(11-31-20(29)15(14)9-27)13-4-1-3-12(7-13)21(24,25)26/h1-7,14H,8,10-11H2/t14-/m0/s1. The molecule has 2 aromatic rings. The quantitative estimate of drug-likeness (QED) is 0.530. The second kappa shape index (κ2) is 8.09. The molecule has 1 fully saturated rings. The molecule has 0 unspecified atom stereocenters. The lowest BCUT2D eigenvalue weighted by Gasteiger charge is -2.42. The van der Waals surface area contributed by atoms with Gasteiger partial charge in [-0.1, -0.05) is 35.5 Å². The SMILES string of the molecule is N#CC1=C2SCN(c3cccc(C(F)(F)F)c3)CN2C(=O)C[C@@H]1c1c(F)cccc1Cl. The fourth-order valence-corrected chi connectivity index (χ4v) is 5.16. The van der Waals surface area contributed by atoms with E-state index in [0.29, 0.717) is 10.7 Å². The highest BCUT2D eigenvalue weighted by Gasteiger charge is 2.40. The Labute approximate surface area is 184 Å². The van der Waals surface area contributed by atoms with E-state index in [1.165, 1.54) is 35.2 Å². The van der Waals surface area contributed by atoms with Gasteiger partial charge in [-0.2, -0.15) is 18.4 Å². The Morgan fingerprint density at radius 3 is 2.61 bits per heavy atom. The van der Waals surface area contributed by atoms with Gasteiger partial charge in [0.2, 0.25) is 5.91 Å². The number of benzene rings is 2. The number of allylic oxidation sites excluding steroid dienone is 1. The fraction of sp³-hybridized carbons (Fsp3) is 0.238. The van der Waals surface area contributed by atoms with Crippen molar-refractivity contribution in [3.8, 4) is 6.07 Å². The number of halogens is 5. The summed E-state index contributed by atoms with van der Waals surface area (Å²) in [6.45, 7) is -0.00855. The van der Waals surface area contributed by atoms with Gasteiger partial charge in [-0.25, -0.2) is 4.39 Å². The molecule has 2 aromatic carbocycles. The van der Waals surface area contributed by atoms with Gasteiger partial charge in [-0.05, 0) is 30.3 Å². The van der Waals surface area contributed by atoms with Crippen LogP contribution < -0.4 is 4.90 Å². The van der Waals surface area contributed by atoms with Crippen molar-refractivity contribution in [1.82, 2.24) is 4.90 Å². The lowest BCUT2D eigenvalue weighted by Crippen LogP contribution is -2.47. The number of nitriles is 1. The zero-order valence-corrected chi connectivity index (χ0v) is 17.4. The zero-order valence-electron chi connectivity index (χ0n) is 15.8. The summed E-state index contributed by atoms with van der Waals surface area (Å²) in [6, 6.07) is 11.1. The Kier molecular flexibility index (Phi) is 5.62. The summed E-state index contributed by atoms with van der Waals surface area (Å²) in [6.07, 6.45) is -4.64. The molecule has 4 rings (SSSR count). The van der Waals surface area contributed by atoms with Crippen LogP contribution in [0.1, 0.15) is 23.5 Å². The van der Waals surface area contributed by atoms with E-state index in [-0.39, 0.29) is 41.0 Å². The van der Waals surface area contributed by atoms with Crippen LogP contribution in [-0.2, 0) is 11.0 Å². The summed E-state index contributed by atoms with van der Waals surface area (Å²) in [5.41, 5.74) is -0.150. The number of hydrogen-bond acceptors (Lipinski definition) is 4. The normalized spacial score (nSPS) is 19.4. The average Bonchev–Trinajstić information content (AvgIpc) is 2.73. The molecule has 2 aliphatic rings. The molecule has 0 saturated carbocycles. The minimum absolute atomic E-state index is 0.00855. The van der Waals surface area contributed by atoms with Crippen LogP contribution in [0.4, 0.5) is 23.2 Å². The summed E-state index contributed by atoms with van der Waals surface area (Å²) in [7, 11) is 0. The molecule has 4 nitrogen and oxygen atoms in total. The third-order valence-electron chi connectivity index (χ3n) is 5.18. The van der Waals surface area contributed by atoms with Gasteiger partial charge < -0.3 is 4.90 Å². The first-order valence-corrected chi connectivity index (χ1v) is 10.5. The number of rotatable bonds is 2. The molecule has 1 saturated heterocycles. The second-order valence-electron chi connectivity index (χ2n) is 7.05. The van der Waals surface area contributed by atoms with E-state index in [0.717, 1.165) is 23.9 Å². The summed E-state index contributed by atoms with van der Waals surface area (Å²) in [5, 5.41) is 10.3. The Morgan fingerprint density at radius 1 is 1.19 bits per heavy atom. The van der Waals surface area contributed by atoms with Crippen molar-refractivity contribution >= 4 is 35.0 Å². The van der Waals surface area contributed by atoms with Gasteiger partial charge in [0.15, 0.2) is 0 Å². The lowest BCUT2D eigenvalue weighted by molar-refractivity contribution is -0.137. The molecular formula is C21H14ClF4N3OS. The van der Waals surface area contributed by atoms with Gasteiger partial charge >= 0.3 is 6.18 Å². The number of amides is 1. The minimum Gasteiger partial charge on any atom is -0.344 e. The van der Waals surface area contributed by atoms with Crippen LogP contribution in [0.2, 0.25) is 5.02 Å². The van der Waals surface area contributed by atoms with E-state index in [2.05, 4.69) is 6.07 Å². The molecule has 0 radical (unpaired) electrons. The Hall–Kier alpha value is -2.70. The molecule has 0 spiro atoms. The molecule has 1 atom stereocenters. The van der Waals surface area contributed by atoms with E-state index in [9.17, 15) is 27.6 Å². The van der Waals surface area contributed by atoms with Gasteiger partial charge in [0, 0.05) is 28.6 Å². The van der Waals surface area contributed by atoms with Crippen LogP contribution in [0.25, 0.3) is 0 Å². The predicted molar refractivity (Wildman–Crippen MR) is 110 cm³/mol. The van der Waals surface area contributed by atoms with Crippen molar-refractivity contribution in [3.63, 3.8) is 0 Å². The number of carbonyl (C=O) groups is 1. The Bertz CT molecular complexity index is 1110. The van der Waals surface area contributed by atoms with Crippen molar-refractivity contribution in [2.45, 2.75) is 18.5 Å². The first-order valence-electron chi connectivity index (χ1n) is 9.14. The fourth-order valence-electron chi connectivity index (χ4n) is 3.69. The first-order chi connectivity index (χ1) is 14.7. The highest BCUT2D eigenvalue weighted by molar-refractivity contribution is 8.03. The molecule has 2 aliphatic heterocycles. The topological polar surface area (TPSA) is 47.3 Å². The van der Waals surface area contributed by atoms with Gasteiger partial charge in [0.25, 0.3) is 0 Å². The van der Waals surface area contributed by atoms with Gasteiger partial charge in [0.1, 0.15) is 5.82 Å². The number of anilines is 1. The van der Waals surface area contributed by atoms with Crippen molar-refractivity contribution < 1.29 is 22.4 Å². The number of alkyl halides is 3. The summed E-state index contributed by atoms with van der Waals surface area (Å²) >= 11 is 7.31. The first kappa shape index (κ1) is 21.5. The van der Waals surface area contributed by atoms with Crippen molar-refractivity contribution in [3.05, 3.63) is 75.0 Å². The van der Waals surface area contributed by atoms with E-state index in [1.54, 1.807) is 4.90 Å². The minimum atomic E-state index is -4.48. The number of fused-ring (bicyclic) bond motifs is 1. The van der Waals surface area contributed by atoms with Gasteiger partial charge in [0.05, 0.1) is 34.8 Å². The molecule has 160 valence electrons. The number of carbonyl (C=O) groups excluding carboxylic acids is 1. The maximum Gasteiger partial charge on any atom is 0.416 e. The Morgan fingerprint density at radius 2 is 1.94 bits per heavy atom. The Balaban J connectivity index is 1.68. The predicted octanol–water partition coefficient (Wildman–Crippen LogP) is 5.72. The third-order valence-corrected chi connectivity index (χ3v) is 6.66. The van der Waals surface area contributed by atoms with Gasteiger partial charge in [-0.15, -0.1) is 0 Å². The smallest absolute Gasteiger partial charge is 0.344 e. The maximum absolute atomic E-state index is 14.5. The molecular weight excluding hydrogens is 454 g/mol. The molecule has 0 aromatic heterocycles. The molecule has 1 amide bonds. The average molecular weight is 468 g/mol. The summed E-state index contributed by atoms with van der Waals surface area (Å²) in [5.74, 6) is -1.55. The largest absolute Gasteiger partial charge is 0.416 e. The molecule has 10 heteroatoms. The number of nitrogens with zero attached hydrogens (tertiary/aromatic N) is 3. The van der Waals surface area contributed by atoms with Crippen LogP contribution in [0.15, 0.2) is 53.1 Å². The third kappa shape index (κ3) is 3.98. The lowest BCUT2D eigenvalue weighted by atomic mass is 9.86. The number of hydrogen-bond donors (Lipinski definition) is 0. The zero-order chi connectivity index (χ0) is 22.3. The second-order valence-corrected chi connectivity index (χ2v) is 8.39. The summed E-state index contributed by atoms with van der Waals surface area (Å²) < 4.78 is 53.6. The molecule has 31 heavy (non-hydrogen) atoms. The van der Waals surface area contributed by atoms with Crippen LogP contribution in [-0.4, -0.2) is 23.4 Å². The monoisotopic (exact) mass is 467 g/mol. The molecule has 0 aliphatic carbocycles. The summed E-state index contributed by atoms with van der Waals surface area (Å²) in [4.78, 5) is 15.9. The highest BCUT2D eigenvalue weighted by atomic mass is 35.5. The molecule has 2 heterocycles. The highest BCUT2D eigenvalue weighted by Crippen LogP contribution is 2.45. The van der Waals surface area contributed by atoms with Crippen molar-refractivity contribution in [1.29, 1.82) is 5.26 Å². The number of thioether (sulfide) groups is 1. The van der Waals surface area contributed by atoms with E-state index in [4.69, 9.17) is 11.6 Å². The van der Waals surface area contributed by atoms with Crippen LogP contribution in [0.5, 0.6) is 0 Å². The van der Waals surface area contributed by atoms with E-state index >= 15 is 0 Å². The maximum atomic E-state index is 14.5. The van der Waals surface area contributed by atoms with Crippen molar-refractivity contribution in [2.75, 3.05) is 17.4 Å². The van der Waals surface area contributed by atoms with Crippen LogP contribution in [0.3, 0.4) is 0 Å². The van der Waals surface area contributed by atoms with Crippen LogP contribution >= 0.6 is 23.4 Å². The molecule has 0 N–H and O–H groups in total. The van der Waals surface area contributed by atoms with Crippen LogP contribution in [0, 0.1) is 17.1 Å². The molecule has 0 bridgehead atoms. The van der Waals surface area contributed by atoms with Gasteiger partial charge in [-0.3, -0.25) is 9.69 Å².